The first-order valence-electron chi connectivity index (χ1n) is 8.02. The Balaban J connectivity index is 2.38. The molecule has 0 aliphatic carbocycles. The van der Waals surface area contributed by atoms with E-state index in [0.717, 1.165) is 39.0 Å². The average molecular weight is 293 g/mol. The molecule has 1 fully saturated rings. The number of rotatable bonds is 6. The van der Waals surface area contributed by atoms with Gasteiger partial charge in [0.25, 0.3) is 0 Å². The van der Waals surface area contributed by atoms with Crippen LogP contribution in [0.1, 0.15) is 40.0 Å². The number of terminal acetylenes is 1. The van der Waals surface area contributed by atoms with Crippen LogP contribution in [0.3, 0.4) is 0 Å². The minimum atomic E-state index is 0.213. The van der Waals surface area contributed by atoms with E-state index in [1.54, 1.807) is 0 Å². The lowest BCUT2D eigenvalue weighted by Crippen LogP contribution is -2.48. The standard InChI is InChI=1S/C17H31N3O/c1-5-10-19-11-13-20(14-12-19)16(21)7-6-15(8-9-18)17(2,3)4/h1,15H,6-14,18H2,2-4H3. The van der Waals surface area contributed by atoms with Crippen LogP contribution in [0.15, 0.2) is 0 Å². The topological polar surface area (TPSA) is 49.6 Å². The summed E-state index contributed by atoms with van der Waals surface area (Å²) in [6, 6.07) is 0. The van der Waals surface area contributed by atoms with Gasteiger partial charge >= 0.3 is 0 Å². The van der Waals surface area contributed by atoms with Crippen molar-refractivity contribution < 1.29 is 4.79 Å². The fourth-order valence-corrected chi connectivity index (χ4v) is 2.95. The van der Waals surface area contributed by atoms with Gasteiger partial charge in [-0.15, -0.1) is 6.42 Å². The number of piperazine rings is 1. The van der Waals surface area contributed by atoms with Gasteiger partial charge in [0.2, 0.25) is 5.91 Å². The first-order chi connectivity index (χ1) is 9.88. The molecule has 1 rings (SSSR count). The fourth-order valence-electron chi connectivity index (χ4n) is 2.95. The van der Waals surface area contributed by atoms with Crippen LogP contribution in [-0.4, -0.2) is 55.0 Å². The van der Waals surface area contributed by atoms with Crippen molar-refractivity contribution in [2.75, 3.05) is 39.3 Å². The van der Waals surface area contributed by atoms with Gasteiger partial charge in [-0.05, 0) is 30.7 Å². The summed E-state index contributed by atoms with van der Waals surface area (Å²) in [7, 11) is 0. The van der Waals surface area contributed by atoms with Crippen molar-refractivity contribution in [3.05, 3.63) is 0 Å². The lowest BCUT2D eigenvalue weighted by atomic mass is 9.76. The molecule has 0 aromatic heterocycles. The van der Waals surface area contributed by atoms with E-state index in [1.165, 1.54) is 0 Å². The number of amides is 1. The van der Waals surface area contributed by atoms with Crippen LogP contribution >= 0.6 is 0 Å². The summed E-state index contributed by atoms with van der Waals surface area (Å²) in [6.07, 6.45) is 7.88. The zero-order chi connectivity index (χ0) is 15.9. The number of nitrogens with two attached hydrogens (primary N) is 1. The molecule has 1 saturated heterocycles. The SMILES string of the molecule is C#CCN1CCN(C(=O)CCC(CCN)C(C)(C)C)CC1. The molecule has 1 unspecified atom stereocenters. The molecule has 1 heterocycles. The predicted octanol–water partition coefficient (Wildman–Crippen LogP) is 1.56. The predicted molar refractivity (Wildman–Crippen MR) is 87.7 cm³/mol. The maximum atomic E-state index is 12.3. The van der Waals surface area contributed by atoms with Crippen LogP contribution in [-0.2, 0) is 4.79 Å². The molecule has 0 saturated carbocycles. The minimum Gasteiger partial charge on any atom is -0.340 e. The third kappa shape index (κ3) is 6.07. The Morgan fingerprint density at radius 2 is 1.86 bits per heavy atom. The van der Waals surface area contributed by atoms with E-state index in [0.29, 0.717) is 25.4 Å². The molecule has 0 spiro atoms. The summed E-state index contributed by atoms with van der Waals surface area (Å²) < 4.78 is 0. The number of hydrogen-bond donors (Lipinski definition) is 1. The van der Waals surface area contributed by atoms with Gasteiger partial charge in [-0.3, -0.25) is 9.69 Å². The molecule has 0 radical (unpaired) electrons. The second-order valence-electron chi connectivity index (χ2n) is 7.04. The number of nitrogens with zero attached hydrogens (tertiary/aromatic N) is 2. The van der Waals surface area contributed by atoms with Gasteiger partial charge in [-0.25, -0.2) is 0 Å². The monoisotopic (exact) mass is 293 g/mol. The molecule has 2 N–H and O–H groups in total. The van der Waals surface area contributed by atoms with Crippen LogP contribution in [0.4, 0.5) is 0 Å². The Morgan fingerprint density at radius 1 is 1.24 bits per heavy atom. The molecular weight excluding hydrogens is 262 g/mol. The van der Waals surface area contributed by atoms with Crippen LogP contribution in [0.2, 0.25) is 0 Å². The molecule has 0 bridgehead atoms. The number of hydrogen-bond acceptors (Lipinski definition) is 3. The van der Waals surface area contributed by atoms with Crippen molar-refractivity contribution in [3.63, 3.8) is 0 Å². The van der Waals surface area contributed by atoms with Crippen LogP contribution in [0.25, 0.3) is 0 Å². The highest BCUT2D eigenvalue weighted by atomic mass is 16.2. The molecule has 4 heteroatoms. The molecular formula is C17H31N3O. The van der Waals surface area contributed by atoms with E-state index in [9.17, 15) is 4.79 Å². The van der Waals surface area contributed by atoms with Gasteiger partial charge in [-0.2, -0.15) is 0 Å². The summed E-state index contributed by atoms with van der Waals surface area (Å²) in [5.74, 6) is 3.45. The largest absolute Gasteiger partial charge is 0.340 e. The Morgan fingerprint density at radius 3 is 2.33 bits per heavy atom. The van der Waals surface area contributed by atoms with E-state index in [1.807, 2.05) is 4.90 Å². The number of carbonyl (C=O) groups excluding carboxylic acids is 1. The van der Waals surface area contributed by atoms with E-state index in [-0.39, 0.29) is 11.3 Å². The summed E-state index contributed by atoms with van der Waals surface area (Å²) in [4.78, 5) is 16.5. The fraction of sp³-hybridized carbons (Fsp3) is 0.824. The van der Waals surface area contributed by atoms with Crippen molar-refractivity contribution in [1.29, 1.82) is 0 Å². The summed E-state index contributed by atoms with van der Waals surface area (Å²) in [5.41, 5.74) is 5.92. The third-order valence-corrected chi connectivity index (χ3v) is 4.49. The molecule has 120 valence electrons. The number of carbonyl (C=O) groups is 1. The molecule has 1 atom stereocenters. The van der Waals surface area contributed by atoms with Gasteiger partial charge in [0.1, 0.15) is 0 Å². The Labute approximate surface area is 130 Å². The second-order valence-corrected chi connectivity index (χ2v) is 7.04. The summed E-state index contributed by atoms with van der Waals surface area (Å²) in [5, 5.41) is 0. The average Bonchev–Trinajstić information content (AvgIpc) is 2.43. The molecule has 1 amide bonds. The Bertz CT molecular complexity index is 359. The first-order valence-corrected chi connectivity index (χ1v) is 8.02. The van der Waals surface area contributed by atoms with Gasteiger partial charge in [0.05, 0.1) is 6.54 Å². The van der Waals surface area contributed by atoms with E-state index >= 15 is 0 Å². The van der Waals surface area contributed by atoms with Gasteiger partial charge in [0.15, 0.2) is 0 Å². The molecule has 1 aliphatic rings. The van der Waals surface area contributed by atoms with Gasteiger partial charge in [0, 0.05) is 32.6 Å². The van der Waals surface area contributed by atoms with Crippen LogP contribution in [0.5, 0.6) is 0 Å². The van der Waals surface area contributed by atoms with Crippen LogP contribution in [0, 0.1) is 23.7 Å². The highest BCUT2D eigenvalue weighted by Gasteiger charge is 2.26. The lowest BCUT2D eigenvalue weighted by Gasteiger charge is -2.35. The van der Waals surface area contributed by atoms with Crippen molar-refractivity contribution in [2.24, 2.45) is 17.1 Å². The van der Waals surface area contributed by atoms with Crippen molar-refractivity contribution in [1.82, 2.24) is 9.80 Å². The quantitative estimate of drug-likeness (QED) is 0.756. The summed E-state index contributed by atoms with van der Waals surface area (Å²) >= 11 is 0. The van der Waals surface area contributed by atoms with Crippen molar-refractivity contribution in [3.8, 4) is 12.3 Å². The molecule has 0 aromatic rings. The second kappa shape index (κ2) is 8.41. The summed E-state index contributed by atoms with van der Waals surface area (Å²) in [6.45, 7) is 11.5. The minimum absolute atomic E-state index is 0.213. The van der Waals surface area contributed by atoms with Crippen LogP contribution < -0.4 is 5.73 Å². The smallest absolute Gasteiger partial charge is 0.222 e. The highest BCUT2D eigenvalue weighted by molar-refractivity contribution is 5.76. The highest BCUT2D eigenvalue weighted by Crippen LogP contribution is 2.32. The van der Waals surface area contributed by atoms with Crippen molar-refractivity contribution in [2.45, 2.75) is 40.0 Å². The maximum absolute atomic E-state index is 12.3. The van der Waals surface area contributed by atoms with E-state index < -0.39 is 0 Å². The molecule has 4 nitrogen and oxygen atoms in total. The first kappa shape index (κ1) is 18.0. The molecule has 1 aliphatic heterocycles. The Hall–Kier alpha value is -1.05. The van der Waals surface area contributed by atoms with Crippen molar-refractivity contribution >= 4 is 5.91 Å². The Kier molecular flexibility index (Phi) is 7.21. The maximum Gasteiger partial charge on any atom is 0.222 e. The van der Waals surface area contributed by atoms with Gasteiger partial charge < -0.3 is 10.6 Å². The molecule has 21 heavy (non-hydrogen) atoms. The van der Waals surface area contributed by atoms with E-state index in [4.69, 9.17) is 12.2 Å². The normalized spacial score (nSPS) is 18.3. The molecule has 0 aromatic carbocycles. The lowest BCUT2D eigenvalue weighted by molar-refractivity contribution is -0.133. The third-order valence-electron chi connectivity index (χ3n) is 4.49. The van der Waals surface area contributed by atoms with Gasteiger partial charge in [-0.1, -0.05) is 26.7 Å². The zero-order valence-electron chi connectivity index (χ0n) is 13.9. The zero-order valence-corrected chi connectivity index (χ0v) is 13.9. The van der Waals surface area contributed by atoms with E-state index in [2.05, 4.69) is 31.6 Å².